The molecule has 0 spiro atoms. The third kappa shape index (κ3) is 5.55. The van der Waals surface area contributed by atoms with Gasteiger partial charge in [0.05, 0.1) is 11.7 Å². The van der Waals surface area contributed by atoms with Crippen LogP contribution in [0.1, 0.15) is 5.56 Å². The predicted octanol–water partition coefficient (Wildman–Crippen LogP) is 4.74. The molecule has 0 saturated heterocycles. The van der Waals surface area contributed by atoms with Crippen LogP contribution in [-0.4, -0.2) is 28.6 Å². The molecular weight excluding hydrogens is 472 g/mol. The third-order valence-electron chi connectivity index (χ3n) is 4.91. The van der Waals surface area contributed by atoms with Gasteiger partial charge in [-0.2, -0.15) is 8.78 Å². The Morgan fingerprint density at radius 3 is 2.58 bits per heavy atom. The van der Waals surface area contributed by atoms with Crippen molar-refractivity contribution in [1.29, 1.82) is 0 Å². The van der Waals surface area contributed by atoms with Crippen LogP contribution in [0.2, 0.25) is 5.02 Å². The van der Waals surface area contributed by atoms with Crippen LogP contribution in [0, 0.1) is 0 Å². The van der Waals surface area contributed by atoms with Crippen LogP contribution >= 0.6 is 22.9 Å². The second-order valence-corrected chi connectivity index (χ2v) is 8.43. The molecule has 0 radical (unpaired) electrons. The minimum atomic E-state index is -2.87. The molecule has 2 aromatic heterocycles. The Morgan fingerprint density at radius 2 is 1.88 bits per heavy atom. The highest BCUT2D eigenvalue weighted by Crippen LogP contribution is 2.31. The first-order valence-electron chi connectivity index (χ1n) is 9.94. The zero-order chi connectivity index (χ0) is 23.4. The van der Waals surface area contributed by atoms with Gasteiger partial charge in [-0.3, -0.25) is 14.2 Å². The first kappa shape index (κ1) is 22.9. The summed E-state index contributed by atoms with van der Waals surface area (Å²) in [7, 11) is 0. The molecule has 0 saturated carbocycles. The fraction of sp³-hybridized carbons (Fsp3) is 0.174. The van der Waals surface area contributed by atoms with E-state index >= 15 is 0 Å². The van der Waals surface area contributed by atoms with Crippen molar-refractivity contribution in [2.24, 2.45) is 0 Å². The molecule has 0 aliphatic heterocycles. The number of nitrogens with zero attached hydrogens (tertiary/aromatic N) is 2. The van der Waals surface area contributed by atoms with Crippen molar-refractivity contribution in [3.05, 3.63) is 81.2 Å². The van der Waals surface area contributed by atoms with Crippen LogP contribution in [0.3, 0.4) is 0 Å². The minimum absolute atomic E-state index is 0.0754. The van der Waals surface area contributed by atoms with Gasteiger partial charge in [0.2, 0.25) is 5.91 Å². The van der Waals surface area contributed by atoms with Gasteiger partial charge in [-0.05, 0) is 41.8 Å². The third-order valence-corrected chi connectivity index (χ3v) is 6.05. The fourth-order valence-electron chi connectivity index (χ4n) is 3.32. The van der Waals surface area contributed by atoms with Crippen molar-refractivity contribution in [3.8, 4) is 16.9 Å². The Morgan fingerprint density at radius 1 is 1.15 bits per heavy atom. The first-order chi connectivity index (χ1) is 15.9. The number of ether oxygens (including phenoxy) is 1. The lowest BCUT2D eigenvalue weighted by molar-refractivity contribution is -0.121. The van der Waals surface area contributed by atoms with Gasteiger partial charge in [-0.25, -0.2) is 4.98 Å². The largest absolute Gasteiger partial charge is 0.435 e. The van der Waals surface area contributed by atoms with E-state index in [0.717, 1.165) is 16.7 Å². The highest BCUT2D eigenvalue weighted by Gasteiger charge is 2.15. The quantitative estimate of drug-likeness (QED) is 0.388. The molecule has 2 heterocycles. The number of fused-ring (bicyclic) bond motifs is 1. The number of aromatic nitrogens is 2. The number of alkyl halides is 2. The summed E-state index contributed by atoms with van der Waals surface area (Å²) in [4.78, 5) is 30.4. The van der Waals surface area contributed by atoms with Crippen molar-refractivity contribution in [1.82, 2.24) is 14.9 Å². The lowest BCUT2D eigenvalue weighted by Gasteiger charge is -2.09. The zero-order valence-electron chi connectivity index (χ0n) is 17.1. The average Bonchev–Trinajstić information content (AvgIpc) is 3.22. The van der Waals surface area contributed by atoms with Crippen molar-refractivity contribution in [3.63, 3.8) is 0 Å². The number of hydrogen-bond acceptors (Lipinski definition) is 5. The molecule has 4 aromatic rings. The first-order valence-corrected chi connectivity index (χ1v) is 11.2. The molecule has 170 valence electrons. The van der Waals surface area contributed by atoms with Gasteiger partial charge in [0.15, 0.2) is 0 Å². The maximum absolute atomic E-state index is 13.0. The van der Waals surface area contributed by atoms with Crippen LogP contribution in [-0.2, 0) is 17.8 Å². The van der Waals surface area contributed by atoms with E-state index in [2.05, 4.69) is 15.0 Å². The maximum Gasteiger partial charge on any atom is 0.387 e. The standard InChI is InChI=1S/C23H18ClF2N3O3S/c24-16-5-3-15(4-6-16)18-12-33-21-20(18)22(31)29(13-28-21)11-19(30)27-10-9-14-1-7-17(8-2-14)32-23(25)26/h1-8,12-13,23H,9-11H2,(H,27,30). The summed E-state index contributed by atoms with van der Waals surface area (Å²) in [5.41, 5.74) is 2.15. The van der Waals surface area contributed by atoms with E-state index in [-0.39, 0.29) is 23.8 Å². The van der Waals surface area contributed by atoms with Crippen molar-refractivity contribution >= 4 is 39.1 Å². The van der Waals surface area contributed by atoms with Gasteiger partial charge >= 0.3 is 6.61 Å². The predicted molar refractivity (Wildman–Crippen MR) is 124 cm³/mol. The van der Waals surface area contributed by atoms with Gasteiger partial charge in [0.1, 0.15) is 17.1 Å². The Labute approximate surface area is 196 Å². The fourth-order valence-corrected chi connectivity index (χ4v) is 4.35. The highest BCUT2D eigenvalue weighted by atomic mass is 35.5. The summed E-state index contributed by atoms with van der Waals surface area (Å²) in [5.74, 6) is -0.259. The van der Waals surface area contributed by atoms with Crippen LogP contribution in [0.15, 0.2) is 65.0 Å². The van der Waals surface area contributed by atoms with E-state index in [1.165, 1.54) is 34.4 Å². The Balaban J connectivity index is 1.40. The summed E-state index contributed by atoms with van der Waals surface area (Å²) in [6.07, 6.45) is 1.87. The number of halogens is 3. The minimum Gasteiger partial charge on any atom is -0.435 e. The van der Waals surface area contributed by atoms with E-state index in [0.29, 0.717) is 28.2 Å². The second kappa shape index (κ2) is 10.1. The van der Waals surface area contributed by atoms with Crippen molar-refractivity contribution in [2.75, 3.05) is 6.54 Å². The van der Waals surface area contributed by atoms with Gasteiger partial charge in [-0.15, -0.1) is 11.3 Å². The molecule has 1 N–H and O–H groups in total. The normalized spacial score (nSPS) is 11.2. The molecule has 0 atom stereocenters. The Bertz CT molecular complexity index is 1320. The van der Waals surface area contributed by atoms with E-state index in [4.69, 9.17) is 11.6 Å². The van der Waals surface area contributed by atoms with Crippen LogP contribution in [0.4, 0.5) is 8.78 Å². The Hall–Kier alpha value is -3.30. The van der Waals surface area contributed by atoms with Crippen LogP contribution in [0.5, 0.6) is 5.75 Å². The van der Waals surface area contributed by atoms with Crippen LogP contribution in [0.25, 0.3) is 21.3 Å². The number of amides is 1. The second-order valence-electron chi connectivity index (χ2n) is 7.14. The summed E-state index contributed by atoms with van der Waals surface area (Å²) in [6, 6.07) is 13.4. The number of carbonyl (C=O) groups is 1. The summed E-state index contributed by atoms with van der Waals surface area (Å²) >= 11 is 7.32. The highest BCUT2D eigenvalue weighted by molar-refractivity contribution is 7.17. The molecule has 1 amide bonds. The van der Waals surface area contributed by atoms with Crippen molar-refractivity contribution in [2.45, 2.75) is 19.6 Å². The molecule has 0 fully saturated rings. The van der Waals surface area contributed by atoms with Crippen LogP contribution < -0.4 is 15.6 Å². The number of nitrogens with one attached hydrogen (secondary N) is 1. The molecule has 4 rings (SSSR count). The monoisotopic (exact) mass is 489 g/mol. The van der Waals surface area contributed by atoms with Gasteiger partial charge in [-0.1, -0.05) is 35.9 Å². The van der Waals surface area contributed by atoms with Gasteiger partial charge in [0, 0.05) is 22.5 Å². The lowest BCUT2D eigenvalue weighted by atomic mass is 10.1. The average molecular weight is 490 g/mol. The molecule has 0 bridgehead atoms. The summed E-state index contributed by atoms with van der Waals surface area (Å²) in [5, 5.41) is 5.69. The summed E-state index contributed by atoms with van der Waals surface area (Å²) in [6.45, 7) is -2.71. The number of carbonyl (C=O) groups excluding carboxylic acids is 1. The molecule has 0 aliphatic rings. The van der Waals surface area contributed by atoms with Gasteiger partial charge in [0.25, 0.3) is 5.56 Å². The molecule has 10 heteroatoms. The number of benzene rings is 2. The summed E-state index contributed by atoms with van der Waals surface area (Å²) < 4.78 is 30.0. The molecule has 33 heavy (non-hydrogen) atoms. The van der Waals surface area contributed by atoms with Gasteiger partial charge < -0.3 is 10.1 Å². The molecule has 0 aliphatic carbocycles. The molecular formula is C23H18ClF2N3O3S. The smallest absolute Gasteiger partial charge is 0.387 e. The van der Waals surface area contributed by atoms with E-state index in [1.807, 2.05) is 17.5 Å². The zero-order valence-corrected chi connectivity index (χ0v) is 18.7. The maximum atomic E-state index is 13.0. The topological polar surface area (TPSA) is 73.2 Å². The SMILES string of the molecule is O=C(Cn1cnc2scc(-c3ccc(Cl)cc3)c2c1=O)NCCc1ccc(OC(F)F)cc1. The molecule has 6 nitrogen and oxygen atoms in total. The van der Waals surface area contributed by atoms with E-state index < -0.39 is 6.61 Å². The number of rotatable bonds is 8. The lowest BCUT2D eigenvalue weighted by Crippen LogP contribution is -2.33. The van der Waals surface area contributed by atoms with Crippen molar-refractivity contribution < 1.29 is 18.3 Å². The number of hydrogen-bond donors (Lipinski definition) is 1. The number of thiophene rings is 1. The van der Waals surface area contributed by atoms with E-state index in [1.54, 1.807) is 24.3 Å². The van der Waals surface area contributed by atoms with E-state index in [9.17, 15) is 18.4 Å². The Kier molecular flexibility index (Phi) is 7.00. The molecule has 0 unspecified atom stereocenters. The molecule has 2 aromatic carbocycles.